The van der Waals surface area contributed by atoms with E-state index in [1.165, 1.54) is 24.1 Å². The number of benzene rings is 1. The lowest BCUT2D eigenvalue weighted by Crippen LogP contribution is -2.47. The SMILES string of the molecule is CN=C(NCCN(CCOC)C1CC1)NC1CCN(c2ccc(C)cc2)C1. The number of nitrogens with zero attached hydrogens (tertiary/aromatic N) is 3. The van der Waals surface area contributed by atoms with Gasteiger partial charge >= 0.3 is 0 Å². The van der Waals surface area contributed by atoms with Crippen LogP contribution in [0.5, 0.6) is 0 Å². The van der Waals surface area contributed by atoms with Gasteiger partial charge in [0.25, 0.3) is 0 Å². The molecule has 3 rings (SSSR count). The van der Waals surface area contributed by atoms with Crippen molar-refractivity contribution in [2.45, 2.75) is 38.3 Å². The Labute approximate surface area is 164 Å². The molecule has 2 fully saturated rings. The highest BCUT2D eigenvalue weighted by molar-refractivity contribution is 5.80. The minimum atomic E-state index is 0.436. The van der Waals surface area contributed by atoms with Gasteiger partial charge in [0.2, 0.25) is 0 Å². The Morgan fingerprint density at radius 1 is 1.22 bits per heavy atom. The molecule has 27 heavy (non-hydrogen) atoms. The van der Waals surface area contributed by atoms with E-state index >= 15 is 0 Å². The van der Waals surface area contributed by atoms with Gasteiger partial charge in [-0.05, 0) is 38.3 Å². The van der Waals surface area contributed by atoms with Crippen LogP contribution in [0, 0.1) is 6.92 Å². The highest BCUT2D eigenvalue weighted by atomic mass is 16.5. The first-order valence-electron chi connectivity index (χ1n) is 10.2. The average molecular weight is 374 g/mol. The van der Waals surface area contributed by atoms with Crippen LogP contribution in [0.3, 0.4) is 0 Å². The fraction of sp³-hybridized carbons (Fsp3) is 0.667. The van der Waals surface area contributed by atoms with Crippen LogP contribution in [0.15, 0.2) is 29.3 Å². The molecular formula is C21H35N5O. The Balaban J connectivity index is 1.40. The number of hydrogen-bond donors (Lipinski definition) is 2. The summed E-state index contributed by atoms with van der Waals surface area (Å²) in [5, 5.41) is 7.08. The van der Waals surface area contributed by atoms with E-state index in [1.807, 2.05) is 7.05 Å². The number of anilines is 1. The minimum Gasteiger partial charge on any atom is -0.383 e. The van der Waals surface area contributed by atoms with Crippen LogP contribution in [-0.4, -0.2) is 76.4 Å². The highest BCUT2D eigenvalue weighted by Crippen LogP contribution is 2.26. The molecule has 6 nitrogen and oxygen atoms in total. The third-order valence-electron chi connectivity index (χ3n) is 5.49. The molecule has 6 heteroatoms. The summed E-state index contributed by atoms with van der Waals surface area (Å²) in [4.78, 5) is 9.39. The molecule has 1 aromatic carbocycles. The van der Waals surface area contributed by atoms with Crippen molar-refractivity contribution in [2.75, 3.05) is 58.4 Å². The van der Waals surface area contributed by atoms with Crippen molar-refractivity contribution in [1.29, 1.82) is 0 Å². The molecule has 0 radical (unpaired) electrons. The zero-order valence-electron chi connectivity index (χ0n) is 17.1. The van der Waals surface area contributed by atoms with E-state index in [-0.39, 0.29) is 0 Å². The van der Waals surface area contributed by atoms with Crippen molar-refractivity contribution in [3.05, 3.63) is 29.8 Å². The van der Waals surface area contributed by atoms with Crippen molar-refractivity contribution in [3.8, 4) is 0 Å². The fourth-order valence-electron chi connectivity index (χ4n) is 3.70. The molecule has 1 heterocycles. The second-order valence-electron chi connectivity index (χ2n) is 7.67. The van der Waals surface area contributed by atoms with E-state index in [0.29, 0.717) is 6.04 Å². The standard InChI is InChI=1S/C21H35N5O/c1-17-4-6-20(7-5-17)26-12-10-18(16-26)24-21(22-2)23-11-13-25(14-15-27-3)19-8-9-19/h4-7,18-19H,8-16H2,1-3H3,(H2,22,23,24). The quantitative estimate of drug-likeness (QED) is 0.511. The predicted molar refractivity (Wildman–Crippen MR) is 113 cm³/mol. The topological polar surface area (TPSA) is 52.1 Å². The third-order valence-corrected chi connectivity index (χ3v) is 5.49. The first kappa shape index (κ1) is 20.0. The summed E-state index contributed by atoms with van der Waals surface area (Å²) < 4.78 is 5.24. The molecule has 0 bridgehead atoms. The number of methoxy groups -OCH3 is 1. The lowest BCUT2D eigenvalue weighted by molar-refractivity contribution is 0.144. The number of ether oxygens (including phenoxy) is 1. The molecule has 0 aromatic heterocycles. The normalized spacial score (nSPS) is 20.4. The third kappa shape index (κ3) is 6.11. The molecule has 0 amide bonds. The lowest BCUT2D eigenvalue weighted by atomic mass is 10.2. The molecule has 2 N–H and O–H groups in total. The molecule has 1 aliphatic heterocycles. The minimum absolute atomic E-state index is 0.436. The van der Waals surface area contributed by atoms with Gasteiger partial charge in [0, 0.05) is 64.7 Å². The van der Waals surface area contributed by atoms with Crippen LogP contribution in [0.4, 0.5) is 5.69 Å². The number of aryl methyl sites for hydroxylation is 1. The molecule has 1 unspecified atom stereocenters. The number of rotatable bonds is 9. The summed E-state index contributed by atoms with van der Waals surface area (Å²) in [5.41, 5.74) is 2.62. The van der Waals surface area contributed by atoms with Gasteiger partial charge in [0.05, 0.1) is 6.61 Å². The Bertz CT molecular complexity index is 599. The van der Waals surface area contributed by atoms with Gasteiger partial charge < -0.3 is 20.3 Å². The number of hydrogen-bond acceptors (Lipinski definition) is 4. The zero-order valence-corrected chi connectivity index (χ0v) is 17.1. The summed E-state index contributed by atoms with van der Waals surface area (Å²) >= 11 is 0. The lowest BCUT2D eigenvalue weighted by Gasteiger charge is -2.23. The van der Waals surface area contributed by atoms with Gasteiger partial charge in [-0.3, -0.25) is 9.89 Å². The summed E-state index contributed by atoms with van der Waals surface area (Å²) in [6.45, 7) is 8.01. The largest absolute Gasteiger partial charge is 0.383 e. The summed E-state index contributed by atoms with van der Waals surface area (Å²) in [6, 6.07) is 10.0. The zero-order chi connectivity index (χ0) is 19.1. The van der Waals surface area contributed by atoms with Crippen LogP contribution in [0.25, 0.3) is 0 Å². The van der Waals surface area contributed by atoms with Crippen LogP contribution in [0.1, 0.15) is 24.8 Å². The van der Waals surface area contributed by atoms with E-state index in [4.69, 9.17) is 4.74 Å². The van der Waals surface area contributed by atoms with Gasteiger partial charge in [0.15, 0.2) is 5.96 Å². The second kappa shape index (κ2) is 9.95. The van der Waals surface area contributed by atoms with Crippen molar-refractivity contribution >= 4 is 11.6 Å². The molecule has 1 aliphatic carbocycles. The fourth-order valence-corrected chi connectivity index (χ4v) is 3.70. The van der Waals surface area contributed by atoms with Crippen LogP contribution in [0.2, 0.25) is 0 Å². The monoisotopic (exact) mass is 373 g/mol. The molecule has 1 saturated heterocycles. The second-order valence-corrected chi connectivity index (χ2v) is 7.67. The Hall–Kier alpha value is -1.79. The van der Waals surface area contributed by atoms with Crippen molar-refractivity contribution in [2.24, 2.45) is 4.99 Å². The van der Waals surface area contributed by atoms with Gasteiger partial charge in [-0.2, -0.15) is 0 Å². The number of aliphatic imine (C=N–C) groups is 1. The van der Waals surface area contributed by atoms with Crippen LogP contribution >= 0.6 is 0 Å². The maximum absolute atomic E-state index is 5.24. The maximum atomic E-state index is 5.24. The Morgan fingerprint density at radius 2 is 2.00 bits per heavy atom. The van der Waals surface area contributed by atoms with Gasteiger partial charge in [-0.1, -0.05) is 17.7 Å². The van der Waals surface area contributed by atoms with E-state index in [0.717, 1.165) is 57.8 Å². The summed E-state index contributed by atoms with van der Waals surface area (Å²) in [7, 11) is 3.63. The summed E-state index contributed by atoms with van der Waals surface area (Å²) in [5.74, 6) is 0.910. The molecule has 1 saturated carbocycles. The molecule has 1 atom stereocenters. The highest BCUT2D eigenvalue weighted by Gasteiger charge is 2.28. The molecule has 2 aliphatic rings. The van der Waals surface area contributed by atoms with Gasteiger partial charge in [-0.15, -0.1) is 0 Å². The van der Waals surface area contributed by atoms with Gasteiger partial charge in [0.1, 0.15) is 0 Å². The molecular weight excluding hydrogens is 338 g/mol. The van der Waals surface area contributed by atoms with E-state index in [9.17, 15) is 0 Å². The smallest absolute Gasteiger partial charge is 0.191 e. The first-order valence-corrected chi connectivity index (χ1v) is 10.2. The van der Waals surface area contributed by atoms with E-state index < -0.39 is 0 Å². The number of nitrogens with one attached hydrogen (secondary N) is 2. The Kier molecular flexibility index (Phi) is 7.35. The van der Waals surface area contributed by atoms with Gasteiger partial charge in [-0.25, -0.2) is 0 Å². The Morgan fingerprint density at radius 3 is 2.67 bits per heavy atom. The van der Waals surface area contributed by atoms with E-state index in [1.54, 1.807) is 7.11 Å². The first-order chi connectivity index (χ1) is 13.2. The van der Waals surface area contributed by atoms with Crippen molar-refractivity contribution < 1.29 is 4.74 Å². The molecule has 1 aromatic rings. The maximum Gasteiger partial charge on any atom is 0.191 e. The van der Waals surface area contributed by atoms with Crippen LogP contribution in [-0.2, 0) is 4.74 Å². The molecule has 150 valence electrons. The van der Waals surface area contributed by atoms with E-state index in [2.05, 4.69) is 56.6 Å². The summed E-state index contributed by atoms with van der Waals surface area (Å²) in [6.07, 6.45) is 3.79. The van der Waals surface area contributed by atoms with Crippen molar-refractivity contribution in [1.82, 2.24) is 15.5 Å². The molecule has 0 spiro atoms. The van der Waals surface area contributed by atoms with Crippen molar-refractivity contribution in [3.63, 3.8) is 0 Å². The van der Waals surface area contributed by atoms with Crippen LogP contribution < -0.4 is 15.5 Å². The predicted octanol–water partition coefficient (Wildman–Crippen LogP) is 1.85. The average Bonchev–Trinajstić information content (AvgIpc) is 3.42. The number of guanidine groups is 1.